The van der Waals surface area contributed by atoms with Crippen molar-refractivity contribution in [3.05, 3.63) is 23.8 Å². The summed E-state index contributed by atoms with van der Waals surface area (Å²) in [6.07, 6.45) is 1.46. The molecule has 1 heterocycles. The van der Waals surface area contributed by atoms with Crippen LogP contribution in [0.1, 0.15) is 30.1 Å². The lowest BCUT2D eigenvalue weighted by atomic mass is 10.0. The van der Waals surface area contributed by atoms with E-state index in [2.05, 4.69) is 5.32 Å². The molecule has 2 rings (SSSR count). The highest BCUT2D eigenvalue weighted by Crippen LogP contribution is 2.26. The lowest BCUT2D eigenvalue weighted by Crippen LogP contribution is -2.48. The highest BCUT2D eigenvalue weighted by atomic mass is 35.5. The number of nitrogens with two attached hydrogens (primary N) is 1. The van der Waals surface area contributed by atoms with Gasteiger partial charge in [0.25, 0.3) is 5.91 Å². The molecule has 1 aromatic rings. The number of nitrogens with one attached hydrogen (secondary N) is 1. The molecule has 1 atom stereocenters. The van der Waals surface area contributed by atoms with E-state index in [4.69, 9.17) is 15.2 Å². The molecule has 1 aliphatic rings. The van der Waals surface area contributed by atoms with Gasteiger partial charge in [-0.05, 0) is 25.0 Å². The Labute approximate surface area is 160 Å². The van der Waals surface area contributed by atoms with Crippen molar-refractivity contribution in [3.63, 3.8) is 0 Å². The van der Waals surface area contributed by atoms with E-state index in [0.29, 0.717) is 36.7 Å². The van der Waals surface area contributed by atoms with E-state index < -0.39 is 0 Å². The zero-order chi connectivity index (χ0) is 18.4. The van der Waals surface area contributed by atoms with E-state index in [1.807, 2.05) is 6.92 Å². The lowest BCUT2D eigenvalue weighted by Gasteiger charge is -2.33. The standard InChI is InChI=1S/C18H27N3O4.ClH/c1-12(11-19)17(22)20-13-6-8-21(9-7-13)18(23)15-5-4-14(24-2)10-16(15)25-3;/h4-5,10,12-13H,6-9,11,19H2,1-3H3,(H,20,22);1H. The fourth-order valence-corrected chi connectivity index (χ4v) is 2.82. The van der Waals surface area contributed by atoms with Crippen molar-refractivity contribution < 1.29 is 19.1 Å². The van der Waals surface area contributed by atoms with Crippen molar-refractivity contribution in [3.8, 4) is 11.5 Å². The zero-order valence-corrected chi connectivity index (χ0v) is 16.3. The monoisotopic (exact) mass is 385 g/mol. The molecule has 0 aliphatic carbocycles. The maximum atomic E-state index is 12.8. The molecular weight excluding hydrogens is 358 g/mol. The third kappa shape index (κ3) is 5.25. The van der Waals surface area contributed by atoms with Crippen LogP contribution in [-0.2, 0) is 4.79 Å². The fraction of sp³-hybridized carbons (Fsp3) is 0.556. The molecule has 1 unspecified atom stereocenters. The van der Waals surface area contributed by atoms with Gasteiger partial charge in [0.2, 0.25) is 5.91 Å². The Bertz CT molecular complexity index is 618. The van der Waals surface area contributed by atoms with Crippen molar-refractivity contribution >= 4 is 24.2 Å². The highest BCUT2D eigenvalue weighted by molar-refractivity contribution is 5.97. The number of methoxy groups -OCH3 is 2. The minimum absolute atomic E-state index is 0. The summed E-state index contributed by atoms with van der Waals surface area (Å²) >= 11 is 0. The van der Waals surface area contributed by atoms with Crippen molar-refractivity contribution in [2.75, 3.05) is 33.9 Å². The summed E-state index contributed by atoms with van der Waals surface area (Å²) in [6.45, 7) is 3.33. The third-order valence-electron chi connectivity index (χ3n) is 4.57. The number of amides is 2. The first-order chi connectivity index (χ1) is 12.0. The van der Waals surface area contributed by atoms with Crippen LogP contribution in [0, 0.1) is 5.92 Å². The van der Waals surface area contributed by atoms with E-state index in [-0.39, 0.29) is 36.2 Å². The predicted molar refractivity (Wildman–Crippen MR) is 102 cm³/mol. The zero-order valence-electron chi connectivity index (χ0n) is 15.5. The first-order valence-corrected chi connectivity index (χ1v) is 8.51. The quantitative estimate of drug-likeness (QED) is 0.772. The van der Waals surface area contributed by atoms with Gasteiger partial charge in [-0.25, -0.2) is 0 Å². The molecular formula is C18H28ClN3O4. The second-order valence-corrected chi connectivity index (χ2v) is 6.28. The van der Waals surface area contributed by atoms with Gasteiger partial charge in [0.1, 0.15) is 11.5 Å². The number of nitrogens with zero attached hydrogens (tertiary/aromatic N) is 1. The molecule has 0 saturated carbocycles. The largest absolute Gasteiger partial charge is 0.497 e. The summed E-state index contributed by atoms with van der Waals surface area (Å²) in [5.41, 5.74) is 6.03. The number of halogens is 1. The second kappa shape index (κ2) is 10.2. The first kappa shape index (κ1) is 22.1. The molecule has 3 N–H and O–H groups in total. The van der Waals surface area contributed by atoms with Gasteiger partial charge < -0.3 is 25.4 Å². The van der Waals surface area contributed by atoms with Crippen LogP contribution in [-0.4, -0.2) is 56.6 Å². The van der Waals surface area contributed by atoms with Crippen LogP contribution in [0.15, 0.2) is 18.2 Å². The molecule has 26 heavy (non-hydrogen) atoms. The van der Waals surface area contributed by atoms with Crippen LogP contribution in [0.25, 0.3) is 0 Å². The number of benzene rings is 1. The van der Waals surface area contributed by atoms with Gasteiger partial charge >= 0.3 is 0 Å². The minimum Gasteiger partial charge on any atom is -0.497 e. The molecule has 1 saturated heterocycles. The Morgan fingerprint density at radius 1 is 1.27 bits per heavy atom. The first-order valence-electron chi connectivity index (χ1n) is 8.51. The van der Waals surface area contributed by atoms with Crippen LogP contribution in [0.3, 0.4) is 0 Å². The summed E-state index contributed by atoms with van der Waals surface area (Å²) in [4.78, 5) is 26.5. The molecule has 1 fully saturated rings. The Balaban J connectivity index is 0.00000338. The Morgan fingerprint density at radius 3 is 2.46 bits per heavy atom. The number of piperidine rings is 1. The van der Waals surface area contributed by atoms with Crippen LogP contribution in [0.5, 0.6) is 11.5 Å². The Hall–Kier alpha value is -1.99. The molecule has 2 amide bonds. The van der Waals surface area contributed by atoms with E-state index in [1.54, 1.807) is 30.2 Å². The molecule has 0 spiro atoms. The van der Waals surface area contributed by atoms with E-state index in [0.717, 1.165) is 12.8 Å². The normalized spacial score (nSPS) is 15.6. The van der Waals surface area contributed by atoms with E-state index in [9.17, 15) is 9.59 Å². The maximum absolute atomic E-state index is 12.8. The molecule has 146 valence electrons. The average molecular weight is 386 g/mol. The fourth-order valence-electron chi connectivity index (χ4n) is 2.82. The Kier molecular flexibility index (Phi) is 8.68. The van der Waals surface area contributed by atoms with Gasteiger partial charge in [0.05, 0.1) is 19.8 Å². The number of hydrogen-bond acceptors (Lipinski definition) is 5. The molecule has 1 aromatic carbocycles. The third-order valence-corrected chi connectivity index (χ3v) is 4.57. The number of likely N-dealkylation sites (tertiary alicyclic amines) is 1. The van der Waals surface area contributed by atoms with Crippen molar-refractivity contribution in [1.82, 2.24) is 10.2 Å². The smallest absolute Gasteiger partial charge is 0.257 e. The van der Waals surface area contributed by atoms with Crippen molar-refractivity contribution in [2.45, 2.75) is 25.8 Å². The number of carbonyl (C=O) groups excluding carboxylic acids is 2. The van der Waals surface area contributed by atoms with Crippen LogP contribution >= 0.6 is 12.4 Å². The Morgan fingerprint density at radius 2 is 1.92 bits per heavy atom. The van der Waals surface area contributed by atoms with Crippen LogP contribution in [0.2, 0.25) is 0 Å². The second-order valence-electron chi connectivity index (χ2n) is 6.28. The molecule has 7 nitrogen and oxygen atoms in total. The average Bonchev–Trinajstić information content (AvgIpc) is 2.66. The summed E-state index contributed by atoms with van der Waals surface area (Å²) in [5.74, 6) is 0.854. The van der Waals surface area contributed by atoms with Crippen molar-refractivity contribution in [2.24, 2.45) is 11.7 Å². The minimum atomic E-state index is -0.191. The van der Waals surface area contributed by atoms with Gasteiger partial charge in [-0.1, -0.05) is 6.92 Å². The number of rotatable bonds is 6. The van der Waals surface area contributed by atoms with E-state index >= 15 is 0 Å². The molecule has 0 bridgehead atoms. The lowest BCUT2D eigenvalue weighted by molar-refractivity contribution is -0.125. The maximum Gasteiger partial charge on any atom is 0.257 e. The van der Waals surface area contributed by atoms with Crippen LogP contribution in [0.4, 0.5) is 0 Å². The molecule has 8 heteroatoms. The summed E-state index contributed by atoms with van der Waals surface area (Å²) in [6, 6.07) is 5.26. The molecule has 0 radical (unpaired) electrons. The molecule has 1 aliphatic heterocycles. The summed E-state index contributed by atoms with van der Waals surface area (Å²) in [5, 5.41) is 3.01. The van der Waals surface area contributed by atoms with Gasteiger partial charge in [0, 0.05) is 37.7 Å². The topological polar surface area (TPSA) is 93.9 Å². The highest BCUT2D eigenvalue weighted by Gasteiger charge is 2.27. The van der Waals surface area contributed by atoms with Crippen molar-refractivity contribution in [1.29, 1.82) is 0 Å². The number of ether oxygens (including phenoxy) is 2. The number of hydrogen-bond donors (Lipinski definition) is 2. The molecule has 0 aromatic heterocycles. The summed E-state index contributed by atoms with van der Waals surface area (Å²) < 4.78 is 10.5. The predicted octanol–water partition coefficient (Wildman–Crippen LogP) is 1.44. The summed E-state index contributed by atoms with van der Waals surface area (Å²) in [7, 11) is 3.10. The van der Waals surface area contributed by atoms with Gasteiger partial charge in [0.15, 0.2) is 0 Å². The van der Waals surface area contributed by atoms with Crippen LogP contribution < -0.4 is 20.5 Å². The van der Waals surface area contributed by atoms with Gasteiger partial charge in [-0.15, -0.1) is 12.4 Å². The van der Waals surface area contributed by atoms with Gasteiger partial charge in [-0.3, -0.25) is 9.59 Å². The van der Waals surface area contributed by atoms with E-state index in [1.165, 1.54) is 7.11 Å². The van der Waals surface area contributed by atoms with Gasteiger partial charge in [-0.2, -0.15) is 0 Å². The SMILES string of the molecule is COc1ccc(C(=O)N2CCC(NC(=O)C(C)CN)CC2)c(OC)c1.Cl. The number of carbonyl (C=O) groups is 2.